The highest BCUT2D eigenvalue weighted by Crippen LogP contribution is 2.59. The molecule has 0 amide bonds. The molecule has 0 bridgehead atoms. The van der Waals surface area contributed by atoms with E-state index in [-0.39, 0.29) is 21.7 Å². The molecule has 0 aromatic carbocycles. The van der Waals surface area contributed by atoms with Crippen LogP contribution in [0.5, 0.6) is 0 Å². The molecule has 146 heavy (non-hydrogen) atoms. The van der Waals surface area contributed by atoms with Gasteiger partial charge in [0.25, 0.3) is 0 Å². The number of aromatic nitrogens is 8. The summed E-state index contributed by atoms with van der Waals surface area (Å²) in [5.41, 5.74) is 9.10. The number of unbranched alkanes of at least 4 members (excludes halogenated alkanes) is 16. The van der Waals surface area contributed by atoms with E-state index in [1.54, 1.807) is 0 Å². The lowest BCUT2D eigenvalue weighted by molar-refractivity contribution is 0.0612. The van der Waals surface area contributed by atoms with Gasteiger partial charge in [0.15, 0.2) is 0 Å². The fraction of sp³-hybridized carbons (Fsp3) is 0.930. The van der Waals surface area contributed by atoms with Gasteiger partial charge in [-0.1, -0.05) is 285 Å². The van der Waals surface area contributed by atoms with Crippen LogP contribution in [0.2, 0.25) is 0 Å². The van der Waals surface area contributed by atoms with Gasteiger partial charge in [0, 0.05) is 207 Å². The zero-order chi connectivity index (χ0) is 111. The van der Waals surface area contributed by atoms with E-state index in [0.29, 0.717) is 65.6 Å². The van der Waals surface area contributed by atoms with Crippen LogP contribution < -0.4 is 0 Å². The molecule has 0 unspecified atom stereocenters. The van der Waals surface area contributed by atoms with Crippen molar-refractivity contribution in [2.75, 3.05) is 164 Å². The molecule has 3 aromatic rings. The molecule has 18 heteroatoms. The minimum Gasteiger partial charge on any atom is -0.301 e. The Morgan fingerprint density at radius 2 is 0.466 bits per heavy atom. The second kappa shape index (κ2) is 63.1. The molecule has 3 aromatic heterocycles. The van der Waals surface area contributed by atoms with E-state index in [0.717, 1.165) is 43.9 Å². The van der Waals surface area contributed by atoms with Gasteiger partial charge in [-0.15, -0.1) is 10.2 Å². The smallest absolute Gasteiger partial charge is 0.0832 e. The van der Waals surface area contributed by atoms with E-state index >= 15 is 0 Å². The standard InChI is InChI=1S/C21H41N5.C20H36N2.C19H40N2.C18H38N2.C17H29N3.C17H36N2.C16H34N2/c1-20(2,3)17-19-18-26(23-22-19)12-10-8-7-9-11-24-13-15-25(16-14-24)21(4,5)6;1-18(2,3)11-9-7-8-10-14-22-16-17(15-21-22)20(12-13-20)19(4,5)6;1-18(2,3)12-10-8-7-9-11-13-20-14-16-21(17-15-20)19(4,5)6;1-17(2,3)11-9-7-8-10-12-19-13-15-20(16-14-19)18(4,5)6;1-15(2,3)9-10-17(7,8)13-20-12-14(18-19-20)11-16(4,5)6;1-16(2,3)10-8-7-9-11-18-12-14-19(15-13-18)17(4,5)6;1-15(2,3)9-7-8-10-17-11-13-18(14-12-17)16(4,5)6/h18H,7-17H2,1-6H3;15-16H,7-14H2,1-6H3;7-17H2,1-6H3;7-16H2,1-6H3;12H,11,13H2,1-8H3;7-15H2,1-6H3;7-14H2,1-6H3. The number of aryl methyl sites for hydroxylation is 2. The van der Waals surface area contributed by atoms with Crippen LogP contribution in [-0.4, -0.2) is 280 Å². The average molecular weight is 2050 g/mol. The fourth-order valence-corrected chi connectivity index (χ4v) is 20.7. The van der Waals surface area contributed by atoms with Crippen molar-refractivity contribution in [1.29, 1.82) is 0 Å². The molecule has 5 saturated heterocycles. The van der Waals surface area contributed by atoms with Crippen molar-refractivity contribution < 1.29 is 0 Å². The summed E-state index contributed by atoms with van der Waals surface area (Å²) in [4.78, 5) is 26.3. The Balaban J connectivity index is 0.000000439. The maximum Gasteiger partial charge on any atom is 0.0832 e. The third kappa shape index (κ3) is 66.8. The van der Waals surface area contributed by atoms with E-state index in [1.807, 2.05) is 15.6 Å². The molecule has 1 aliphatic carbocycles. The van der Waals surface area contributed by atoms with E-state index < -0.39 is 0 Å². The van der Waals surface area contributed by atoms with Crippen molar-refractivity contribution in [3.8, 4) is 11.8 Å². The molecule has 8 heterocycles. The second-order valence-corrected chi connectivity index (χ2v) is 62.4. The van der Waals surface area contributed by atoms with Crippen molar-refractivity contribution in [3.05, 3.63) is 41.7 Å². The minimum atomic E-state index is -0.0972. The van der Waals surface area contributed by atoms with Crippen LogP contribution in [0.1, 0.15) is 508 Å². The highest BCUT2D eigenvalue weighted by atomic mass is 15.4. The van der Waals surface area contributed by atoms with Crippen LogP contribution in [0.25, 0.3) is 0 Å². The third-order valence-electron chi connectivity index (χ3n) is 30.7. The van der Waals surface area contributed by atoms with Crippen molar-refractivity contribution >= 4 is 0 Å². The SMILES string of the molecule is CC(C)(C)C#CC(C)(C)Cn1cc(CC(C)(C)C)nn1.CC(C)(C)CCCCCCCN1CCN(C(C)(C)C)CC1.CC(C)(C)CCCCCCN1CCN(C(C)(C)C)CC1.CC(C)(C)CCCCCCn1cc(C2(C(C)(C)C)CC2)cn1.CC(C)(C)CCCCCN1CCN(C(C)(C)C)CC1.CC(C)(C)CCCCN1CCN(C(C)(C)C)CC1.CC(C)(C)Cc1cn(CCCCCCN2CCN(C(C)(C)C)CC2)nn1. The normalized spacial score (nSPS) is 18.1. The van der Waals surface area contributed by atoms with Gasteiger partial charge in [-0.3, -0.25) is 38.5 Å². The first-order chi connectivity index (χ1) is 66.9. The molecule has 6 aliphatic rings. The van der Waals surface area contributed by atoms with Gasteiger partial charge >= 0.3 is 0 Å². The molecular weight excluding hydrogens is 1790 g/mol. The zero-order valence-electron chi connectivity index (χ0n) is 107. The number of piperazine rings is 5. The summed E-state index contributed by atoms with van der Waals surface area (Å²) in [5, 5.41) is 21.7. The maximum absolute atomic E-state index is 4.61. The van der Waals surface area contributed by atoms with Gasteiger partial charge in [-0.25, -0.2) is 0 Å². The molecular formula is C128H254N18. The van der Waals surface area contributed by atoms with Crippen molar-refractivity contribution in [2.24, 2.45) is 54.1 Å². The minimum absolute atomic E-state index is 0.0387. The predicted octanol–water partition coefficient (Wildman–Crippen LogP) is 30.6. The fourth-order valence-electron chi connectivity index (χ4n) is 20.7. The lowest BCUT2D eigenvalue weighted by Crippen LogP contribution is -2.53. The summed E-state index contributed by atoms with van der Waals surface area (Å²) in [6.07, 6.45) is 50.1. The van der Waals surface area contributed by atoms with Crippen LogP contribution in [0, 0.1) is 66.0 Å². The van der Waals surface area contributed by atoms with Crippen molar-refractivity contribution in [2.45, 2.75) is 556 Å². The molecule has 9 rings (SSSR count). The molecule has 0 radical (unpaired) electrons. The van der Waals surface area contributed by atoms with Crippen LogP contribution in [0.15, 0.2) is 24.8 Å². The molecule has 1 saturated carbocycles. The number of nitrogens with zero attached hydrogens (tertiary/aromatic N) is 18. The summed E-state index contributed by atoms with van der Waals surface area (Å²) >= 11 is 0. The molecule has 0 atom stereocenters. The lowest BCUT2D eigenvalue weighted by atomic mass is 9.74. The Morgan fingerprint density at radius 1 is 0.240 bits per heavy atom. The van der Waals surface area contributed by atoms with Gasteiger partial charge in [-0.05, 0) is 323 Å². The quantitative estimate of drug-likeness (QED) is 0.0397. The number of hydrogen-bond acceptors (Lipinski definition) is 15. The largest absolute Gasteiger partial charge is 0.301 e. The number of rotatable bonds is 40. The van der Waals surface area contributed by atoms with E-state index in [9.17, 15) is 0 Å². The van der Waals surface area contributed by atoms with Crippen LogP contribution >= 0.6 is 0 Å². The molecule has 0 spiro atoms. The highest BCUT2D eigenvalue weighted by Gasteiger charge is 2.54. The van der Waals surface area contributed by atoms with Gasteiger partial charge < -0.3 is 24.5 Å². The monoisotopic (exact) mass is 2040 g/mol. The molecule has 5 aliphatic heterocycles. The Hall–Kier alpha value is -3.35. The molecule has 0 N–H and O–H groups in total. The van der Waals surface area contributed by atoms with E-state index in [1.165, 1.54) is 355 Å². The zero-order valence-corrected chi connectivity index (χ0v) is 107. The van der Waals surface area contributed by atoms with Gasteiger partial charge in [-0.2, -0.15) is 5.10 Å². The summed E-state index contributed by atoms with van der Waals surface area (Å²) in [7, 11) is 0. The van der Waals surface area contributed by atoms with Gasteiger partial charge in [0.1, 0.15) is 0 Å². The van der Waals surface area contributed by atoms with Gasteiger partial charge in [0.05, 0.1) is 24.1 Å². The summed E-state index contributed by atoms with van der Waals surface area (Å²) in [6, 6.07) is 0. The molecule has 856 valence electrons. The third-order valence-corrected chi connectivity index (χ3v) is 30.7. The predicted molar refractivity (Wildman–Crippen MR) is 641 cm³/mol. The summed E-state index contributed by atoms with van der Waals surface area (Å²) in [5.74, 6) is 6.68. The molecule has 18 nitrogen and oxygen atoms in total. The van der Waals surface area contributed by atoms with Crippen LogP contribution in [0.4, 0.5) is 0 Å². The Labute approximate surface area is 910 Å². The van der Waals surface area contributed by atoms with E-state index in [4.69, 9.17) is 0 Å². The Morgan fingerprint density at radius 3 is 0.712 bits per heavy atom. The number of hydrogen-bond donors (Lipinski definition) is 0. The molecule has 6 fully saturated rings. The lowest BCUT2D eigenvalue weighted by Gasteiger charge is -2.42. The topological polar surface area (TPSA) is 112 Å². The first kappa shape index (κ1) is 137. The summed E-state index contributed by atoms with van der Waals surface area (Å²) < 4.78 is 6.11. The van der Waals surface area contributed by atoms with Crippen LogP contribution in [0.3, 0.4) is 0 Å². The van der Waals surface area contributed by atoms with Crippen molar-refractivity contribution in [3.63, 3.8) is 0 Å². The van der Waals surface area contributed by atoms with Gasteiger partial charge in [0.2, 0.25) is 0 Å². The summed E-state index contributed by atoms with van der Waals surface area (Å²) in [6.45, 7) is 136. The highest BCUT2D eigenvalue weighted by molar-refractivity contribution is 5.30. The van der Waals surface area contributed by atoms with E-state index in [2.05, 4.69) is 414 Å². The average Bonchev–Trinajstić information content (AvgIpc) is 1.57. The maximum atomic E-state index is 4.61. The van der Waals surface area contributed by atoms with Crippen LogP contribution in [-0.2, 0) is 37.9 Å². The first-order valence-electron chi connectivity index (χ1n) is 60.6. The Bertz CT molecular complexity index is 3850. The second-order valence-electron chi connectivity index (χ2n) is 62.4. The Kier molecular flexibility index (Phi) is 59.2. The first-order valence-corrected chi connectivity index (χ1v) is 60.6. The van der Waals surface area contributed by atoms with Crippen molar-refractivity contribution in [1.82, 2.24) is 88.8 Å².